The molecule has 5 nitrogen and oxygen atoms in total. The van der Waals surface area contributed by atoms with Gasteiger partial charge in [0.1, 0.15) is 12.4 Å². The van der Waals surface area contributed by atoms with E-state index in [0.717, 1.165) is 29.8 Å². The number of aliphatic hydroxyl groups is 1. The maximum atomic E-state index is 12.3. The Hall–Kier alpha value is -1.88. The minimum Gasteiger partial charge on any atom is -0.489 e. The molecule has 23 heavy (non-hydrogen) atoms. The molecule has 0 radical (unpaired) electrons. The first kappa shape index (κ1) is 16.0. The zero-order valence-corrected chi connectivity index (χ0v) is 14.2. The van der Waals surface area contributed by atoms with Crippen molar-refractivity contribution in [2.45, 2.75) is 52.1 Å². The van der Waals surface area contributed by atoms with E-state index in [1.165, 1.54) is 0 Å². The Balaban J connectivity index is 2.03. The number of carbonyl (C=O) groups excluding carboxylic acids is 1. The number of hydrogen-bond acceptors (Lipinski definition) is 4. The molecule has 1 N–H and O–H groups in total. The van der Waals surface area contributed by atoms with Gasteiger partial charge in [-0.1, -0.05) is 13.8 Å². The van der Waals surface area contributed by atoms with Gasteiger partial charge in [-0.05, 0) is 38.8 Å². The molecule has 124 valence electrons. The molecule has 0 aromatic carbocycles. The normalized spacial score (nSPS) is 15.4. The molecule has 2 aromatic heterocycles. The molecule has 0 amide bonds. The number of nitrogens with zero attached hydrogens (tertiary/aromatic N) is 2. The van der Waals surface area contributed by atoms with Crippen LogP contribution >= 0.6 is 0 Å². The summed E-state index contributed by atoms with van der Waals surface area (Å²) in [5.74, 6) is 1.21. The molecule has 3 rings (SSSR count). The molecule has 0 saturated heterocycles. The summed E-state index contributed by atoms with van der Waals surface area (Å²) < 4.78 is 7.67. The van der Waals surface area contributed by atoms with Crippen molar-refractivity contribution in [2.75, 3.05) is 6.61 Å². The minimum atomic E-state index is -0.890. The van der Waals surface area contributed by atoms with Crippen molar-refractivity contribution < 1.29 is 14.6 Å². The molecule has 1 fully saturated rings. The second-order valence-corrected chi connectivity index (χ2v) is 7.33. The molecule has 0 unspecified atom stereocenters. The van der Waals surface area contributed by atoms with E-state index in [0.29, 0.717) is 11.5 Å². The number of Topliss-reactive ketones (excluding diaryl/α,β-unsaturated/α-hetero) is 1. The molecular weight excluding hydrogens is 292 g/mol. The predicted molar refractivity (Wildman–Crippen MR) is 88.1 cm³/mol. The molecule has 2 aromatic rings. The average molecular weight is 316 g/mol. The first-order valence-electron chi connectivity index (χ1n) is 8.18. The van der Waals surface area contributed by atoms with Gasteiger partial charge in [-0.25, -0.2) is 4.52 Å². The Labute approximate surface area is 136 Å². The smallest absolute Gasteiger partial charge is 0.169 e. The summed E-state index contributed by atoms with van der Waals surface area (Å²) in [4.78, 5) is 12.3. The highest BCUT2D eigenvalue weighted by molar-refractivity contribution is 6.03. The quantitative estimate of drug-likeness (QED) is 0.831. The lowest BCUT2D eigenvalue weighted by molar-refractivity contribution is 0.0279. The van der Waals surface area contributed by atoms with Crippen LogP contribution in [-0.4, -0.2) is 32.7 Å². The van der Waals surface area contributed by atoms with Crippen molar-refractivity contribution in [1.29, 1.82) is 0 Å². The van der Waals surface area contributed by atoms with E-state index in [4.69, 9.17) is 4.74 Å². The molecule has 0 atom stereocenters. The van der Waals surface area contributed by atoms with E-state index in [1.54, 1.807) is 20.0 Å². The maximum Gasteiger partial charge on any atom is 0.169 e. The average Bonchev–Trinajstić information content (AvgIpc) is 3.21. The number of ether oxygens (including phenoxy) is 1. The molecule has 1 aliphatic carbocycles. The van der Waals surface area contributed by atoms with Crippen LogP contribution < -0.4 is 4.74 Å². The fourth-order valence-electron chi connectivity index (χ4n) is 2.66. The maximum absolute atomic E-state index is 12.3. The highest BCUT2D eigenvalue weighted by atomic mass is 16.5. The van der Waals surface area contributed by atoms with Gasteiger partial charge in [0, 0.05) is 11.8 Å². The summed E-state index contributed by atoms with van der Waals surface area (Å²) in [6.07, 6.45) is 3.86. The van der Waals surface area contributed by atoms with E-state index in [1.807, 2.05) is 30.5 Å². The van der Waals surface area contributed by atoms with Crippen molar-refractivity contribution in [1.82, 2.24) is 9.61 Å². The zero-order valence-electron chi connectivity index (χ0n) is 14.2. The van der Waals surface area contributed by atoms with Gasteiger partial charge in [0.25, 0.3) is 0 Å². The van der Waals surface area contributed by atoms with E-state index < -0.39 is 5.60 Å². The molecule has 0 bridgehead atoms. The number of carbonyl (C=O) groups is 1. The molecule has 0 aliphatic heterocycles. The van der Waals surface area contributed by atoms with Crippen LogP contribution in [0.1, 0.15) is 62.5 Å². The van der Waals surface area contributed by atoms with Gasteiger partial charge in [0.2, 0.25) is 0 Å². The van der Waals surface area contributed by atoms with E-state index in [9.17, 15) is 9.90 Å². The largest absolute Gasteiger partial charge is 0.489 e. The minimum absolute atomic E-state index is 0.0570. The second-order valence-electron chi connectivity index (χ2n) is 7.33. The number of fused-ring (bicyclic) bond motifs is 1. The second kappa shape index (κ2) is 5.64. The van der Waals surface area contributed by atoms with Crippen molar-refractivity contribution in [2.24, 2.45) is 5.92 Å². The Bertz CT molecular complexity index is 737. The fourth-order valence-corrected chi connectivity index (χ4v) is 2.66. The van der Waals surface area contributed by atoms with Crippen LogP contribution in [0.15, 0.2) is 18.3 Å². The summed E-state index contributed by atoms with van der Waals surface area (Å²) in [6, 6.07) is 3.78. The van der Waals surface area contributed by atoms with Gasteiger partial charge in [0.05, 0.1) is 28.6 Å². The van der Waals surface area contributed by atoms with Gasteiger partial charge >= 0.3 is 0 Å². The Morgan fingerprint density at radius 3 is 2.70 bits per heavy atom. The third-order valence-corrected chi connectivity index (χ3v) is 4.01. The third-order valence-electron chi connectivity index (χ3n) is 4.01. The first-order chi connectivity index (χ1) is 10.8. The topological polar surface area (TPSA) is 63.8 Å². The molecule has 1 aliphatic rings. The highest BCUT2D eigenvalue weighted by Gasteiger charge is 2.31. The predicted octanol–water partition coefficient (Wildman–Crippen LogP) is 3.20. The van der Waals surface area contributed by atoms with Crippen LogP contribution in [-0.2, 0) is 0 Å². The van der Waals surface area contributed by atoms with Gasteiger partial charge < -0.3 is 9.84 Å². The summed E-state index contributed by atoms with van der Waals surface area (Å²) in [5, 5.41) is 14.3. The number of ketones is 1. The van der Waals surface area contributed by atoms with E-state index in [2.05, 4.69) is 5.10 Å². The van der Waals surface area contributed by atoms with Crippen molar-refractivity contribution in [3.05, 3.63) is 29.6 Å². The van der Waals surface area contributed by atoms with Gasteiger partial charge in [-0.15, -0.1) is 0 Å². The monoisotopic (exact) mass is 316 g/mol. The first-order valence-corrected chi connectivity index (χ1v) is 8.18. The number of aromatic nitrogens is 2. The lowest BCUT2D eigenvalue weighted by Crippen LogP contribution is -2.28. The van der Waals surface area contributed by atoms with E-state index >= 15 is 0 Å². The molecule has 1 saturated carbocycles. The third kappa shape index (κ3) is 3.24. The summed E-state index contributed by atoms with van der Waals surface area (Å²) in [5.41, 5.74) is 1.62. The number of hydrogen-bond donors (Lipinski definition) is 1. The molecule has 2 heterocycles. The van der Waals surface area contributed by atoms with Gasteiger partial charge in [-0.3, -0.25) is 4.79 Å². The van der Waals surface area contributed by atoms with Crippen molar-refractivity contribution in [3.63, 3.8) is 0 Å². The van der Waals surface area contributed by atoms with Gasteiger partial charge in [-0.2, -0.15) is 5.10 Å². The summed E-state index contributed by atoms with van der Waals surface area (Å²) in [7, 11) is 0. The number of rotatable bonds is 6. The van der Waals surface area contributed by atoms with Crippen LogP contribution in [0.5, 0.6) is 5.75 Å². The molecule has 5 heteroatoms. The van der Waals surface area contributed by atoms with Crippen LogP contribution in [0.2, 0.25) is 0 Å². The SMILES string of the molecule is CC(C)C(=O)c1cnn2c(C3CC3)c(OCC(C)(C)O)ccc12. The number of pyridine rings is 1. The molecule has 0 spiro atoms. The van der Waals surface area contributed by atoms with E-state index in [-0.39, 0.29) is 18.3 Å². The fraction of sp³-hybridized carbons (Fsp3) is 0.556. The van der Waals surface area contributed by atoms with Crippen LogP contribution in [0.4, 0.5) is 0 Å². The zero-order chi connectivity index (χ0) is 16.8. The van der Waals surface area contributed by atoms with Crippen molar-refractivity contribution in [3.8, 4) is 5.75 Å². The van der Waals surface area contributed by atoms with Crippen LogP contribution in [0.25, 0.3) is 5.52 Å². The Morgan fingerprint density at radius 2 is 2.13 bits per heavy atom. The lowest BCUT2D eigenvalue weighted by Gasteiger charge is -2.20. The molecular formula is C18H24N2O3. The Morgan fingerprint density at radius 1 is 1.43 bits per heavy atom. The highest BCUT2D eigenvalue weighted by Crippen LogP contribution is 2.44. The summed E-state index contributed by atoms with van der Waals surface area (Å²) in [6.45, 7) is 7.45. The lowest BCUT2D eigenvalue weighted by atomic mass is 10.0. The van der Waals surface area contributed by atoms with Crippen molar-refractivity contribution >= 4 is 11.3 Å². The van der Waals surface area contributed by atoms with Crippen LogP contribution in [0.3, 0.4) is 0 Å². The summed E-state index contributed by atoms with van der Waals surface area (Å²) >= 11 is 0. The Kier molecular flexibility index (Phi) is 3.92. The van der Waals surface area contributed by atoms with Crippen LogP contribution in [0, 0.1) is 5.92 Å². The standard InChI is InChI=1S/C18H24N2O3/c1-11(2)17(21)13-9-19-20-14(13)7-8-15(16(20)12-5-6-12)23-10-18(3,4)22/h7-9,11-12,22H,5-6,10H2,1-4H3. The van der Waals surface area contributed by atoms with Gasteiger partial charge in [0.15, 0.2) is 5.78 Å².